The number of hydrogen-bond donors (Lipinski definition) is 2. The molecule has 2 aromatic rings. The number of pyridine rings is 1. The van der Waals surface area contributed by atoms with E-state index in [2.05, 4.69) is 20.6 Å². The summed E-state index contributed by atoms with van der Waals surface area (Å²) in [5.74, 6) is 0.429. The van der Waals surface area contributed by atoms with Crippen LogP contribution in [-0.4, -0.2) is 33.5 Å². The van der Waals surface area contributed by atoms with Gasteiger partial charge in [-0.2, -0.15) is 0 Å². The lowest BCUT2D eigenvalue weighted by Crippen LogP contribution is -2.45. The molecule has 2 aliphatic rings. The first-order chi connectivity index (χ1) is 11.2. The van der Waals surface area contributed by atoms with Crippen molar-refractivity contribution in [2.45, 2.75) is 18.9 Å². The molecule has 0 spiro atoms. The molecule has 2 atom stereocenters. The Balaban J connectivity index is 1.65. The predicted molar refractivity (Wildman–Crippen MR) is 84.4 cm³/mol. The largest absolute Gasteiger partial charge is 0.316 e. The maximum Gasteiger partial charge on any atom is 0.276 e. The predicted octanol–water partition coefficient (Wildman–Crippen LogP) is 0.597. The van der Waals surface area contributed by atoms with Gasteiger partial charge in [0.25, 0.3) is 11.5 Å². The molecule has 2 aliphatic heterocycles. The summed E-state index contributed by atoms with van der Waals surface area (Å²) in [4.78, 5) is 32.7. The number of carbonyl (C=O) groups excluding carboxylic acids is 1. The highest BCUT2D eigenvalue weighted by Crippen LogP contribution is 2.32. The summed E-state index contributed by atoms with van der Waals surface area (Å²) < 4.78 is 1.81. The van der Waals surface area contributed by atoms with E-state index in [1.165, 1.54) is 18.6 Å². The topological polar surface area (TPSA) is 88.9 Å². The number of aromatic nitrogens is 3. The molecule has 0 aliphatic carbocycles. The summed E-state index contributed by atoms with van der Waals surface area (Å²) in [5.41, 5.74) is 1.39. The number of nitrogens with one attached hydrogen (secondary N) is 2. The Bertz CT molecular complexity index is 802. The normalized spacial score (nSPS) is 22.3. The summed E-state index contributed by atoms with van der Waals surface area (Å²) in [5, 5.41) is 6.07. The molecule has 7 nitrogen and oxygen atoms in total. The van der Waals surface area contributed by atoms with Crippen LogP contribution in [0, 0.1) is 5.92 Å². The number of hydrogen-bond acceptors (Lipinski definition) is 5. The second-order valence-corrected chi connectivity index (χ2v) is 6.09. The molecule has 0 radical (unpaired) electrons. The Morgan fingerprint density at radius 2 is 2.22 bits per heavy atom. The van der Waals surface area contributed by atoms with Gasteiger partial charge >= 0.3 is 0 Å². The molecule has 0 aromatic carbocycles. The van der Waals surface area contributed by atoms with Crippen molar-refractivity contribution >= 4 is 11.6 Å². The molecule has 1 fully saturated rings. The average molecular weight is 311 g/mol. The number of piperidine rings is 1. The first kappa shape index (κ1) is 14.1. The summed E-state index contributed by atoms with van der Waals surface area (Å²) in [6.45, 7) is 2.55. The second kappa shape index (κ2) is 5.58. The first-order valence-corrected chi connectivity index (χ1v) is 7.74. The van der Waals surface area contributed by atoms with E-state index < -0.39 is 5.91 Å². The van der Waals surface area contributed by atoms with Crippen molar-refractivity contribution in [1.82, 2.24) is 19.9 Å². The summed E-state index contributed by atoms with van der Waals surface area (Å²) in [7, 11) is 0. The quantitative estimate of drug-likeness (QED) is 0.848. The highest BCUT2D eigenvalue weighted by molar-refractivity contribution is 6.02. The molecule has 23 heavy (non-hydrogen) atoms. The van der Waals surface area contributed by atoms with E-state index in [0.29, 0.717) is 18.4 Å². The molecule has 2 bridgehead atoms. The lowest BCUT2D eigenvalue weighted by molar-refractivity contribution is 0.102. The zero-order valence-corrected chi connectivity index (χ0v) is 12.5. The Kier molecular flexibility index (Phi) is 3.42. The van der Waals surface area contributed by atoms with Crippen LogP contribution in [0.4, 0.5) is 5.69 Å². The molecule has 2 unspecified atom stereocenters. The van der Waals surface area contributed by atoms with Gasteiger partial charge in [0, 0.05) is 37.1 Å². The van der Waals surface area contributed by atoms with E-state index in [1.807, 2.05) is 10.6 Å². The standard InChI is InChI=1S/C16H17N5O2/c22-15(13-8-17-3-4-19-13)20-12-1-2-14-11-5-10(6-18-7-11)9-21(14)16(12)23/h1-4,8,10-11,18H,5-7,9H2,(H,20,22). The average Bonchev–Trinajstić information content (AvgIpc) is 2.59. The first-order valence-electron chi connectivity index (χ1n) is 7.74. The zero-order valence-electron chi connectivity index (χ0n) is 12.5. The minimum absolute atomic E-state index is 0.142. The van der Waals surface area contributed by atoms with Crippen LogP contribution < -0.4 is 16.2 Å². The van der Waals surface area contributed by atoms with Crippen LogP contribution in [0.25, 0.3) is 0 Å². The van der Waals surface area contributed by atoms with Gasteiger partial charge in [0.15, 0.2) is 0 Å². The smallest absolute Gasteiger partial charge is 0.276 e. The second-order valence-electron chi connectivity index (χ2n) is 6.09. The van der Waals surface area contributed by atoms with Crippen LogP contribution >= 0.6 is 0 Å². The Morgan fingerprint density at radius 3 is 3.04 bits per heavy atom. The summed E-state index contributed by atoms with van der Waals surface area (Å²) >= 11 is 0. The van der Waals surface area contributed by atoms with Crippen LogP contribution in [0.3, 0.4) is 0 Å². The number of amides is 1. The van der Waals surface area contributed by atoms with Crippen LogP contribution in [-0.2, 0) is 6.54 Å². The molecule has 4 heterocycles. The van der Waals surface area contributed by atoms with Crippen molar-refractivity contribution in [3.63, 3.8) is 0 Å². The number of nitrogens with zero attached hydrogens (tertiary/aromatic N) is 3. The highest BCUT2D eigenvalue weighted by atomic mass is 16.2. The Hall–Kier alpha value is -2.54. The van der Waals surface area contributed by atoms with Crippen molar-refractivity contribution < 1.29 is 4.79 Å². The molecule has 0 saturated carbocycles. The molecule has 118 valence electrons. The van der Waals surface area contributed by atoms with Crippen molar-refractivity contribution in [3.8, 4) is 0 Å². The van der Waals surface area contributed by atoms with E-state index in [4.69, 9.17) is 0 Å². The molecule has 2 aromatic heterocycles. The van der Waals surface area contributed by atoms with Gasteiger partial charge in [-0.15, -0.1) is 0 Å². The van der Waals surface area contributed by atoms with E-state index in [-0.39, 0.29) is 16.9 Å². The fraction of sp³-hybridized carbons (Fsp3) is 0.375. The zero-order chi connectivity index (χ0) is 15.8. The Morgan fingerprint density at radius 1 is 1.30 bits per heavy atom. The van der Waals surface area contributed by atoms with E-state index in [1.54, 1.807) is 6.07 Å². The number of rotatable bonds is 2. The Labute approximate surface area is 132 Å². The molecular weight excluding hydrogens is 294 g/mol. The van der Waals surface area contributed by atoms with Gasteiger partial charge in [0.1, 0.15) is 11.4 Å². The minimum atomic E-state index is -0.423. The molecular formula is C16H17N5O2. The maximum absolute atomic E-state index is 12.7. The molecule has 4 rings (SSSR count). The van der Waals surface area contributed by atoms with Crippen LogP contribution in [0.5, 0.6) is 0 Å². The maximum atomic E-state index is 12.7. The SMILES string of the molecule is O=C(Nc1ccc2n(c1=O)CC1CNCC2C1)c1cnccn1. The monoisotopic (exact) mass is 311 g/mol. The van der Waals surface area contributed by atoms with Gasteiger partial charge in [-0.1, -0.05) is 0 Å². The van der Waals surface area contributed by atoms with E-state index in [9.17, 15) is 9.59 Å². The van der Waals surface area contributed by atoms with Gasteiger partial charge in [-0.05, 0) is 31.0 Å². The third-order valence-electron chi connectivity index (χ3n) is 4.55. The van der Waals surface area contributed by atoms with Gasteiger partial charge in [0.2, 0.25) is 0 Å². The van der Waals surface area contributed by atoms with Crippen LogP contribution in [0.15, 0.2) is 35.5 Å². The molecule has 2 N–H and O–H groups in total. The van der Waals surface area contributed by atoms with Crippen molar-refractivity contribution in [1.29, 1.82) is 0 Å². The van der Waals surface area contributed by atoms with Gasteiger partial charge in [-0.3, -0.25) is 14.6 Å². The third kappa shape index (κ3) is 2.53. The number of anilines is 1. The van der Waals surface area contributed by atoms with Gasteiger partial charge in [-0.25, -0.2) is 4.98 Å². The van der Waals surface area contributed by atoms with Crippen molar-refractivity contribution in [2.24, 2.45) is 5.92 Å². The molecule has 1 saturated heterocycles. The fourth-order valence-corrected chi connectivity index (χ4v) is 3.49. The van der Waals surface area contributed by atoms with Crippen molar-refractivity contribution in [3.05, 3.63) is 52.5 Å². The lowest BCUT2D eigenvalue weighted by Gasteiger charge is -2.37. The fourth-order valence-electron chi connectivity index (χ4n) is 3.49. The van der Waals surface area contributed by atoms with E-state index >= 15 is 0 Å². The minimum Gasteiger partial charge on any atom is -0.316 e. The molecule has 7 heteroatoms. The molecule has 1 amide bonds. The summed E-state index contributed by atoms with van der Waals surface area (Å²) in [6.07, 6.45) is 5.44. The lowest BCUT2D eigenvalue weighted by atomic mass is 9.84. The number of carbonyl (C=O) groups is 1. The van der Waals surface area contributed by atoms with Gasteiger partial charge in [0.05, 0.1) is 6.20 Å². The summed E-state index contributed by atoms with van der Waals surface area (Å²) in [6, 6.07) is 3.64. The van der Waals surface area contributed by atoms with Crippen molar-refractivity contribution in [2.75, 3.05) is 18.4 Å². The van der Waals surface area contributed by atoms with Gasteiger partial charge < -0.3 is 15.2 Å². The third-order valence-corrected chi connectivity index (χ3v) is 4.55. The highest BCUT2D eigenvalue weighted by Gasteiger charge is 2.31. The van der Waals surface area contributed by atoms with Crippen LogP contribution in [0.1, 0.15) is 28.5 Å². The number of fused-ring (bicyclic) bond motifs is 4. The van der Waals surface area contributed by atoms with E-state index in [0.717, 1.165) is 25.2 Å². The van der Waals surface area contributed by atoms with Crippen LogP contribution in [0.2, 0.25) is 0 Å².